The molecule has 2 atom stereocenters. The molecule has 0 bridgehead atoms. The maximum Gasteiger partial charge on any atom is 0.323 e. The van der Waals surface area contributed by atoms with Crippen molar-refractivity contribution in [2.45, 2.75) is 30.7 Å². The Hall–Kier alpha value is -1.26. The highest BCUT2D eigenvalue weighted by Crippen LogP contribution is 2.41. The molecule has 4 nitrogen and oxygen atoms in total. The van der Waals surface area contributed by atoms with Gasteiger partial charge in [-0.15, -0.1) is 0 Å². The lowest BCUT2D eigenvalue weighted by molar-refractivity contribution is -0.143. The van der Waals surface area contributed by atoms with Gasteiger partial charge in [0.05, 0.1) is 12.1 Å². The first kappa shape index (κ1) is 13.2. The van der Waals surface area contributed by atoms with Crippen LogP contribution in [0.2, 0.25) is 5.02 Å². The van der Waals surface area contributed by atoms with Crippen molar-refractivity contribution in [1.82, 2.24) is 0 Å². The zero-order chi connectivity index (χ0) is 13.3. The lowest BCUT2D eigenvalue weighted by atomic mass is 9.93. The summed E-state index contributed by atoms with van der Waals surface area (Å²) < 4.78 is 5.09. The maximum absolute atomic E-state index is 11.1. The van der Waals surface area contributed by atoms with Crippen LogP contribution in [0.15, 0.2) is 18.2 Å². The fourth-order valence-electron chi connectivity index (χ4n) is 2.49. The van der Waals surface area contributed by atoms with Crippen molar-refractivity contribution in [3.63, 3.8) is 0 Å². The van der Waals surface area contributed by atoms with Crippen molar-refractivity contribution >= 4 is 17.6 Å². The molecule has 1 aliphatic rings. The van der Waals surface area contributed by atoms with E-state index in [1.165, 1.54) is 0 Å². The minimum absolute atomic E-state index is 0.148. The average Bonchev–Trinajstić information content (AvgIpc) is 2.73. The van der Waals surface area contributed by atoms with Crippen molar-refractivity contribution in [3.05, 3.63) is 28.8 Å². The first-order valence-electron chi connectivity index (χ1n) is 5.82. The fraction of sp³-hybridized carbons (Fsp3) is 0.462. The third-order valence-electron chi connectivity index (χ3n) is 3.62. The lowest BCUT2D eigenvalue weighted by Crippen LogP contribution is -2.45. The van der Waals surface area contributed by atoms with Crippen molar-refractivity contribution in [3.8, 4) is 5.75 Å². The molecule has 0 amide bonds. The Bertz CT molecular complexity index is 477. The normalized spacial score (nSPS) is 27.2. The number of aliphatic carboxylic acids is 1. The van der Waals surface area contributed by atoms with Gasteiger partial charge in [-0.2, -0.15) is 0 Å². The molecule has 0 radical (unpaired) electrons. The molecule has 2 rings (SSSR count). The minimum Gasteiger partial charge on any atom is -0.495 e. The summed E-state index contributed by atoms with van der Waals surface area (Å²) in [4.78, 5) is 11.1. The zero-order valence-electron chi connectivity index (χ0n) is 10.1. The molecule has 0 heterocycles. The van der Waals surface area contributed by atoms with Crippen molar-refractivity contribution < 1.29 is 14.6 Å². The molecule has 1 aromatic carbocycles. The topological polar surface area (TPSA) is 72.5 Å². The van der Waals surface area contributed by atoms with E-state index in [0.717, 1.165) is 12.0 Å². The Morgan fingerprint density at radius 2 is 2.33 bits per heavy atom. The molecule has 0 aliphatic heterocycles. The van der Waals surface area contributed by atoms with Crippen LogP contribution in [0.25, 0.3) is 0 Å². The molecule has 0 aromatic heterocycles. The van der Waals surface area contributed by atoms with Crippen LogP contribution in [0, 0.1) is 0 Å². The molecular weight excluding hydrogens is 254 g/mol. The Morgan fingerprint density at radius 1 is 1.61 bits per heavy atom. The number of rotatable bonds is 3. The Balaban J connectivity index is 2.19. The number of hydrogen-bond acceptors (Lipinski definition) is 3. The summed E-state index contributed by atoms with van der Waals surface area (Å²) in [7, 11) is 1.56. The largest absolute Gasteiger partial charge is 0.495 e. The Kier molecular flexibility index (Phi) is 3.50. The lowest BCUT2D eigenvalue weighted by Gasteiger charge is -2.18. The van der Waals surface area contributed by atoms with Crippen LogP contribution in [0.3, 0.4) is 0 Å². The quantitative estimate of drug-likeness (QED) is 0.884. The Labute approximate surface area is 111 Å². The van der Waals surface area contributed by atoms with Crippen LogP contribution >= 0.6 is 11.6 Å². The van der Waals surface area contributed by atoms with Gasteiger partial charge >= 0.3 is 5.97 Å². The second-order valence-electron chi connectivity index (χ2n) is 4.79. The van der Waals surface area contributed by atoms with Gasteiger partial charge in [0.25, 0.3) is 0 Å². The van der Waals surface area contributed by atoms with E-state index >= 15 is 0 Å². The third kappa shape index (κ3) is 2.31. The number of hydrogen-bond donors (Lipinski definition) is 2. The molecule has 1 aromatic rings. The number of methoxy groups -OCH3 is 1. The smallest absolute Gasteiger partial charge is 0.323 e. The van der Waals surface area contributed by atoms with E-state index in [1.54, 1.807) is 13.2 Å². The predicted octanol–water partition coefficient (Wildman–Crippen LogP) is 2.40. The van der Waals surface area contributed by atoms with Crippen molar-refractivity contribution in [2.75, 3.05) is 7.11 Å². The molecule has 3 N–H and O–H groups in total. The number of carboxylic acids is 1. The summed E-state index contributed by atoms with van der Waals surface area (Å²) >= 11 is 6.07. The van der Waals surface area contributed by atoms with Gasteiger partial charge in [-0.1, -0.05) is 17.7 Å². The van der Waals surface area contributed by atoms with E-state index in [4.69, 9.17) is 27.2 Å². The van der Waals surface area contributed by atoms with Crippen LogP contribution in [0.5, 0.6) is 5.75 Å². The molecular formula is C13H16ClNO3. The number of carbonyl (C=O) groups is 1. The first-order valence-corrected chi connectivity index (χ1v) is 6.20. The molecule has 18 heavy (non-hydrogen) atoms. The van der Waals surface area contributed by atoms with Gasteiger partial charge in [-0.05, 0) is 42.9 Å². The summed E-state index contributed by atoms with van der Waals surface area (Å²) in [6.07, 6.45) is 1.72. The van der Waals surface area contributed by atoms with E-state index in [2.05, 4.69) is 0 Å². The second kappa shape index (κ2) is 4.78. The van der Waals surface area contributed by atoms with Crippen LogP contribution in [0.4, 0.5) is 0 Å². The number of ether oxygens (including phenoxy) is 1. The highest BCUT2D eigenvalue weighted by atomic mass is 35.5. The van der Waals surface area contributed by atoms with Gasteiger partial charge in [0, 0.05) is 0 Å². The van der Waals surface area contributed by atoms with Gasteiger partial charge in [-0.3, -0.25) is 4.79 Å². The van der Waals surface area contributed by atoms with E-state index in [9.17, 15) is 4.79 Å². The first-order chi connectivity index (χ1) is 8.46. The van der Waals surface area contributed by atoms with Gasteiger partial charge in [0.2, 0.25) is 0 Å². The molecule has 1 unspecified atom stereocenters. The van der Waals surface area contributed by atoms with Crippen LogP contribution in [-0.2, 0) is 4.79 Å². The van der Waals surface area contributed by atoms with Gasteiger partial charge in [0.1, 0.15) is 11.3 Å². The molecule has 5 heteroatoms. The van der Waals surface area contributed by atoms with Gasteiger partial charge in [-0.25, -0.2) is 0 Å². The van der Waals surface area contributed by atoms with Crippen molar-refractivity contribution in [2.24, 2.45) is 5.73 Å². The van der Waals surface area contributed by atoms with E-state index in [0.29, 0.717) is 23.6 Å². The van der Waals surface area contributed by atoms with Gasteiger partial charge in [0.15, 0.2) is 0 Å². The molecule has 0 saturated heterocycles. The third-order valence-corrected chi connectivity index (χ3v) is 3.92. The molecule has 1 saturated carbocycles. The molecule has 98 valence electrons. The van der Waals surface area contributed by atoms with Gasteiger partial charge < -0.3 is 15.6 Å². The monoisotopic (exact) mass is 269 g/mol. The number of carboxylic acid groups (broad SMARTS) is 1. The van der Waals surface area contributed by atoms with E-state index < -0.39 is 11.5 Å². The van der Waals surface area contributed by atoms with E-state index in [-0.39, 0.29) is 5.92 Å². The Morgan fingerprint density at radius 3 is 2.83 bits per heavy atom. The highest BCUT2D eigenvalue weighted by molar-refractivity contribution is 6.32. The standard InChI is InChI=1S/C13H16ClNO3/c1-18-11-3-2-8(6-10(11)14)9-4-5-13(15,7-9)12(16)17/h2-3,6,9H,4-5,7,15H2,1H3,(H,16,17)/t9-,13?/m0/s1. The number of benzene rings is 1. The molecule has 0 spiro atoms. The van der Waals surface area contributed by atoms with E-state index in [1.807, 2.05) is 12.1 Å². The second-order valence-corrected chi connectivity index (χ2v) is 5.20. The fourth-order valence-corrected chi connectivity index (χ4v) is 2.76. The highest BCUT2D eigenvalue weighted by Gasteiger charge is 2.42. The summed E-state index contributed by atoms with van der Waals surface area (Å²) in [5.74, 6) is -0.158. The number of nitrogens with two attached hydrogens (primary N) is 1. The summed E-state index contributed by atoms with van der Waals surface area (Å²) in [5, 5.41) is 9.64. The zero-order valence-corrected chi connectivity index (χ0v) is 10.9. The number of halogens is 1. The predicted molar refractivity (Wildman–Crippen MR) is 69.2 cm³/mol. The minimum atomic E-state index is -1.10. The maximum atomic E-state index is 11.1. The van der Waals surface area contributed by atoms with Crippen molar-refractivity contribution in [1.29, 1.82) is 0 Å². The molecule has 1 fully saturated rings. The molecule has 1 aliphatic carbocycles. The van der Waals surface area contributed by atoms with Crippen LogP contribution in [-0.4, -0.2) is 23.7 Å². The SMILES string of the molecule is COc1ccc([C@H]2CCC(N)(C(=O)O)C2)cc1Cl. The van der Waals surface area contributed by atoms with Crippen LogP contribution in [0.1, 0.15) is 30.7 Å². The summed E-state index contributed by atoms with van der Waals surface area (Å²) in [5.41, 5.74) is 5.79. The summed E-state index contributed by atoms with van der Waals surface area (Å²) in [6.45, 7) is 0. The van der Waals surface area contributed by atoms with Crippen LogP contribution < -0.4 is 10.5 Å². The summed E-state index contributed by atoms with van der Waals surface area (Å²) in [6, 6.07) is 5.55. The average molecular weight is 270 g/mol.